The van der Waals surface area contributed by atoms with Crippen molar-refractivity contribution in [2.75, 3.05) is 13.1 Å². The van der Waals surface area contributed by atoms with Crippen LogP contribution in [0.2, 0.25) is 0 Å². The maximum absolute atomic E-state index is 14.1. The molecule has 1 aromatic rings. The number of halogens is 3. The van der Waals surface area contributed by atoms with Crippen LogP contribution in [0.5, 0.6) is 0 Å². The topological polar surface area (TPSA) is 12.0 Å². The van der Waals surface area contributed by atoms with E-state index in [1.54, 1.807) is 6.07 Å². The lowest BCUT2D eigenvalue weighted by Gasteiger charge is -2.18. The lowest BCUT2D eigenvalue weighted by atomic mass is 9.95. The summed E-state index contributed by atoms with van der Waals surface area (Å²) < 4.78 is 27.8. The summed E-state index contributed by atoms with van der Waals surface area (Å²) in [6, 6.07) is 4.54. The van der Waals surface area contributed by atoms with Crippen LogP contribution in [0.25, 0.3) is 0 Å². The van der Waals surface area contributed by atoms with E-state index in [9.17, 15) is 8.78 Å². The van der Waals surface area contributed by atoms with Crippen molar-refractivity contribution in [3.63, 3.8) is 0 Å². The van der Waals surface area contributed by atoms with Gasteiger partial charge in [0, 0.05) is 17.4 Å². The van der Waals surface area contributed by atoms with Gasteiger partial charge in [0.15, 0.2) is 0 Å². The summed E-state index contributed by atoms with van der Waals surface area (Å²) in [5.41, 5.74) is -0.513. The number of hydrogen-bond acceptors (Lipinski definition) is 1. The Balaban J connectivity index is 2.16. The SMILES string of the molecule is Fc1cc(Br)cc(CC2(F)CCNC2)c1. The lowest BCUT2D eigenvalue weighted by Crippen LogP contribution is -2.28. The molecule has 1 N–H and O–H groups in total. The van der Waals surface area contributed by atoms with E-state index in [1.165, 1.54) is 12.1 Å². The fraction of sp³-hybridized carbons (Fsp3) is 0.455. The summed E-state index contributed by atoms with van der Waals surface area (Å²) in [5, 5.41) is 2.98. The number of hydrogen-bond donors (Lipinski definition) is 1. The normalized spacial score (nSPS) is 25.8. The zero-order valence-electron chi connectivity index (χ0n) is 8.19. The third-order valence-electron chi connectivity index (χ3n) is 2.63. The van der Waals surface area contributed by atoms with Crippen molar-refractivity contribution < 1.29 is 8.78 Å². The molecule has 1 saturated heterocycles. The van der Waals surface area contributed by atoms with Crippen molar-refractivity contribution in [3.8, 4) is 0 Å². The monoisotopic (exact) mass is 275 g/mol. The summed E-state index contributed by atoms with van der Waals surface area (Å²) in [6.45, 7) is 1.06. The molecule has 0 spiro atoms. The van der Waals surface area contributed by atoms with E-state index in [2.05, 4.69) is 21.2 Å². The maximum Gasteiger partial charge on any atom is 0.128 e. The molecular weight excluding hydrogens is 264 g/mol. The molecule has 1 fully saturated rings. The van der Waals surface area contributed by atoms with E-state index >= 15 is 0 Å². The van der Waals surface area contributed by atoms with Gasteiger partial charge in [-0.05, 0) is 36.7 Å². The first kappa shape index (κ1) is 11.0. The summed E-state index contributed by atoms with van der Waals surface area (Å²) >= 11 is 3.20. The molecule has 1 unspecified atom stereocenters. The third kappa shape index (κ3) is 2.75. The van der Waals surface area contributed by atoms with Crippen LogP contribution in [0.4, 0.5) is 8.78 Å². The number of nitrogens with one attached hydrogen (secondary N) is 1. The van der Waals surface area contributed by atoms with Crippen molar-refractivity contribution >= 4 is 15.9 Å². The Hall–Kier alpha value is -0.480. The second kappa shape index (κ2) is 4.18. The minimum Gasteiger partial charge on any atom is -0.313 e. The van der Waals surface area contributed by atoms with Crippen LogP contribution >= 0.6 is 15.9 Å². The van der Waals surface area contributed by atoms with Crippen molar-refractivity contribution in [3.05, 3.63) is 34.1 Å². The quantitative estimate of drug-likeness (QED) is 0.875. The fourth-order valence-corrected chi connectivity index (χ4v) is 2.46. The molecule has 82 valence electrons. The van der Waals surface area contributed by atoms with Gasteiger partial charge < -0.3 is 5.32 Å². The van der Waals surface area contributed by atoms with Crippen LogP contribution in [0.3, 0.4) is 0 Å². The largest absolute Gasteiger partial charge is 0.313 e. The zero-order valence-corrected chi connectivity index (χ0v) is 9.78. The van der Waals surface area contributed by atoms with Crippen LogP contribution in [0.15, 0.2) is 22.7 Å². The van der Waals surface area contributed by atoms with Crippen molar-refractivity contribution in [2.24, 2.45) is 0 Å². The molecule has 0 amide bonds. The van der Waals surface area contributed by atoms with Gasteiger partial charge in [0.2, 0.25) is 0 Å². The van der Waals surface area contributed by atoms with Gasteiger partial charge in [0.1, 0.15) is 11.5 Å². The summed E-state index contributed by atoms with van der Waals surface area (Å²) in [7, 11) is 0. The van der Waals surface area contributed by atoms with E-state index in [-0.39, 0.29) is 12.2 Å². The first-order valence-corrected chi connectivity index (χ1v) is 5.71. The van der Waals surface area contributed by atoms with Crippen molar-refractivity contribution in [2.45, 2.75) is 18.5 Å². The predicted molar refractivity (Wildman–Crippen MR) is 59.1 cm³/mol. The van der Waals surface area contributed by atoms with E-state index < -0.39 is 5.67 Å². The molecule has 0 radical (unpaired) electrons. The van der Waals surface area contributed by atoms with Crippen molar-refractivity contribution in [1.29, 1.82) is 0 Å². The highest BCUT2D eigenvalue weighted by Crippen LogP contribution is 2.26. The van der Waals surface area contributed by atoms with Gasteiger partial charge in [-0.3, -0.25) is 0 Å². The van der Waals surface area contributed by atoms with Crippen LogP contribution < -0.4 is 5.32 Å². The highest BCUT2D eigenvalue weighted by molar-refractivity contribution is 9.10. The molecular formula is C11H12BrF2N. The standard InChI is InChI=1S/C11H12BrF2N/c12-9-3-8(4-10(13)5-9)6-11(14)1-2-15-7-11/h3-5,15H,1-2,6-7H2. The average molecular weight is 276 g/mol. The van der Waals surface area contributed by atoms with E-state index in [4.69, 9.17) is 0 Å². The van der Waals surface area contributed by atoms with Crippen LogP contribution in [0.1, 0.15) is 12.0 Å². The molecule has 1 atom stereocenters. The molecule has 1 aliphatic rings. The van der Waals surface area contributed by atoms with Gasteiger partial charge in [-0.15, -0.1) is 0 Å². The Kier molecular flexibility index (Phi) is 3.07. The molecule has 0 saturated carbocycles. The van der Waals surface area contributed by atoms with E-state index in [0.717, 1.165) is 0 Å². The van der Waals surface area contributed by atoms with Crippen LogP contribution in [0, 0.1) is 5.82 Å². The van der Waals surface area contributed by atoms with Gasteiger partial charge in [0.25, 0.3) is 0 Å². The predicted octanol–water partition coefficient (Wildman–Crippen LogP) is 2.83. The minimum absolute atomic E-state index is 0.274. The molecule has 1 heterocycles. The highest BCUT2D eigenvalue weighted by atomic mass is 79.9. The Morgan fingerprint density at radius 2 is 2.20 bits per heavy atom. The van der Waals surface area contributed by atoms with E-state index in [0.29, 0.717) is 29.5 Å². The first-order chi connectivity index (χ1) is 7.07. The fourth-order valence-electron chi connectivity index (χ4n) is 1.94. The summed E-state index contributed by atoms with van der Waals surface area (Å²) in [5.74, 6) is -0.325. The van der Waals surface area contributed by atoms with Crippen LogP contribution in [-0.4, -0.2) is 18.8 Å². The lowest BCUT2D eigenvalue weighted by molar-refractivity contribution is 0.190. The molecule has 0 aliphatic carbocycles. The maximum atomic E-state index is 14.1. The molecule has 0 bridgehead atoms. The third-order valence-corrected chi connectivity index (χ3v) is 3.09. The molecule has 1 nitrogen and oxygen atoms in total. The Morgan fingerprint density at radius 1 is 1.40 bits per heavy atom. The molecule has 1 aromatic carbocycles. The summed E-state index contributed by atoms with van der Waals surface area (Å²) in [6.07, 6.45) is 0.775. The Labute approximate surface area is 96.0 Å². The molecule has 2 rings (SSSR count). The average Bonchev–Trinajstić information content (AvgIpc) is 2.49. The van der Waals surface area contributed by atoms with Gasteiger partial charge in [-0.2, -0.15) is 0 Å². The number of rotatable bonds is 2. The smallest absolute Gasteiger partial charge is 0.128 e. The van der Waals surface area contributed by atoms with Gasteiger partial charge >= 0.3 is 0 Å². The van der Waals surface area contributed by atoms with Crippen LogP contribution in [-0.2, 0) is 6.42 Å². The number of alkyl halides is 1. The number of benzene rings is 1. The first-order valence-electron chi connectivity index (χ1n) is 4.92. The molecule has 1 aliphatic heterocycles. The molecule has 4 heteroatoms. The second-order valence-electron chi connectivity index (χ2n) is 4.03. The van der Waals surface area contributed by atoms with Crippen molar-refractivity contribution in [1.82, 2.24) is 5.32 Å². The van der Waals surface area contributed by atoms with E-state index in [1.807, 2.05) is 0 Å². The van der Waals surface area contributed by atoms with Gasteiger partial charge in [-0.1, -0.05) is 15.9 Å². The minimum atomic E-state index is -1.22. The molecule has 15 heavy (non-hydrogen) atoms. The Bertz CT molecular complexity index is 341. The Morgan fingerprint density at radius 3 is 2.80 bits per heavy atom. The highest BCUT2D eigenvalue weighted by Gasteiger charge is 2.33. The molecule has 0 aromatic heterocycles. The van der Waals surface area contributed by atoms with Gasteiger partial charge in [-0.25, -0.2) is 8.78 Å². The van der Waals surface area contributed by atoms with Gasteiger partial charge in [0.05, 0.1) is 0 Å². The summed E-state index contributed by atoms with van der Waals surface area (Å²) in [4.78, 5) is 0. The second-order valence-corrected chi connectivity index (χ2v) is 4.95. The zero-order chi connectivity index (χ0) is 10.9.